The van der Waals surface area contributed by atoms with Crippen LogP contribution in [0.4, 0.5) is 4.39 Å². The summed E-state index contributed by atoms with van der Waals surface area (Å²) >= 11 is 0. The molecule has 0 radical (unpaired) electrons. The highest BCUT2D eigenvalue weighted by Gasteiger charge is 2.27. The van der Waals surface area contributed by atoms with Crippen molar-refractivity contribution in [1.29, 1.82) is 0 Å². The first-order valence-electron chi connectivity index (χ1n) is 6.52. The second kappa shape index (κ2) is 6.48. The summed E-state index contributed by atoms with van der Waals surface area (Å²) in [4.78, 5) is 0. The van der Waals surface area contributed by atoms with Crippen molar-refractivity contribution in [3.63, 3.8) is 0 Å². The van der Waals surface area contributed by atoms with Crippen molar-refractivity contribution in [2.45, 2.75) is 44.9 Å². The van der Waals surface area contributed by atoms with Crippen molar-refractivity contribution in [3.8, 4) is 0 Å². The van der Waals surface area contributed by atoms with Crippen LogP contribution in [0, 0.1) is 12.7 Å². The van der Waals surface area contributed by atoms with Gasteiger partial charge < -0.3 is 5.73 Å². The highest BCUT2D eigenvalue weighted by atomic mass is 32.2. The van der Waals surface area contributed by atoms with Crippen molar-refractivity contribution in [3.05, 3.63) is 35.1 Å². The summed E-state index contributed by atoms with van der Waals surface area (Å²) in [5.41, 5.74) is 7.15. The molecule has 19 heavy (non-hydrogen) atoms. The molecule has 0 heterocycles. The number of hydrogen-bond donors (Lipinski definition) is 1. The minimum atomic E-state index is -3.21. The van der Waals surface area contributed by atoms with E-state index in [9.17, 15) is 12.8 Å². The number of halogens is 1. The van der Waals surface area contributed by atoms with Crippen LogP contribution in [-0.4, -0.2) is 19.4 Å². The predicted octanol–water partition coefficient (Wildman–Crippen LogP) is 2.74. The Kier molecular flexibility index (Phi) is 5.50. The molecule has 2 atom stereocenters. The standard InChI is InChI=1S/C14H22FNO2S/c1-4-5-8-19(17,18)11(3)14(16)12-6-7-13(15)10(2)9-12/h6-7,9,11,14H,4-5,8,16H2,1-3H3. The molecule has 0 amide bonds. The smallest absolute Gasteiger partial charge is 0.154 e. The molecule has 0 saturated heterocycles. The van der Waals surface area contributed by atoms with E-state index in [2.05, 4.69) is 0 Å². The van der Waals surface area contributed by atoms with Crippen LogP contribution in [-0.2, 0) is 9.84 Å². The second-order valence-corrected chi connectivity index (χ2v) is 7.44. The first kappa shape index (κ1) is 16.1. The molecule has 0 bridgehead atoms. The Morgan fingerprint density at radius 2 is 2.00 bits per heavy atom. The van der Waals surface area contributed by atoms with Gasteiger partial charge >= 0.3 is 0 Å². The summed E-state index contributed by atoms with van der Waals surface area (Å²) < 4.78 is 37.4. The van der Waals surface area contributed by atoms with E-state index in [0.29, 0.717) is 17.5 Å². The Labute approximate surface area is 114 Å². The Balaban J connectivity index is 2.92. The highest BCUT2D eigenvalue weighted by molar-refractivity contribution is 7.92. The van der Waals surface area contributed by atoms with Crippen LogP contribution in [0.1, 0.15) is 43.9 Å². The van der Waals surface area contributed by atoms with E-state index < -0.39 is 21.1 Å². The van der Waals surface area contributed by atoms with Crippen molar-refractivity contribution in [2.24, 2.45) is 5.73 Å². The predicted molar refractivity (Wildman–Crippen MR) is 76.2 cm³/mol. The zero-order chi connectivity index (χ0) is 14.6. The number of hydrogen-bond acceptors (Lipinski definition) is 3. The zero-order valence-electron chi connectivity index (χ0n) is 11.7. The number of benzene rings is 1. The van der Waals surface area contributed by atoms with E-state index in [0.717, 1.165) is 6.42 Å². The molecule has 0 fully saturated rings. The van der Waals surface area contributed by atoms with Crippen LogP contribution in [0.15, 0.2) is 18.2 Å². The molecule has 1 aromatic rings. The lowest BCUT2D eigenvalue weighted by atomic mass is 10.0. The minimum Gasteiger partial charge on any atom is -0.323 e. The molecule has 5 heteroatoms. The Morgan fingerprint density at radius 1 is 1.37 bits per heavy atom. The van der Waals surface area contributed by atoms with Crippen molar-refractivity contribution in [1.82, 2.24) is 0 Å². The van der Waals surface area contributed by atoms with E-state index in [1.165, 1.54) is 6.07 Å². The van der Waals surface area contributed by atoms with Gasteiger partial charge in [-0.1, -0.05) is 25.5 Å². The third kappa shape index (κ3) is 4.01. The normalized spacial score (nSPS) is 15.2. The summed E-state index contributed by atoms with van der Waals surface area (Å²) in [5.74, 6) is -0.157. The maximum Gasteiger partial charge on any atom is 0.154 e. The van der Waals surface area contributed by atoms with Crippen LogP contribution >= 0.6 is 0 Å². The molecule has 108 valence electrons. The molecule has 0 aliphatic heterocycles. The van der Waals surface area contributed by atoms with Crippen LogP contribution in [0.5, 0.6) is 0 Å². The van der Waals surface area contributed by atoms with Crippen molar-refractivity contribution < 1.29 is 12.8 Å². The Bertz CT molecular complexity index is 528. The monoisotopic (exact) mass is 287 g/mol. The van der Waals surface area contributed by atoms with Gasteiger partial charge in [0.05, 0.1) is 11.0 Å². The fourth-order valence-electron chi connectivity index (χ4n) is 1.90. The molecule has 0 aromatic heterocycles. The molecule has 2 unspecified atom stereocenters. The molecule has 3 nitrogen and oxygen atoms in total. The number of nitrogens with two attached hydrogens (primary N) is 1. The van der Waals surface area contributed by atoms with Crippen LogP contribution in [0.3, 0.4) is 0 Å². The minimum absolute atomic E-state index is 0.151. The summed E-state index contributed by atoms with van der Waals surface area (Å²) in [5, 5.41) is -0.663. The quantitative estimate of drug-likeness (QED) is 0.875. The molecule has 1 rings (SSSR count). The summed E-state index contributed by atoms with van der Waals surface area (Å²) in [6.07, 6.45) is 1.47. The van der Waals surface area contributed by atoms with Crippen LogP contribution in [0.25, 0.3) is 0 Å². The van der Waals surface area contributed by atoms with Gasteiger partial charge in [0.1, 0.15) is 5.82 Å². The van der Waals surface area contributed by atoms with E-state index >= 15 is 0 Å². The average molecular weight is 287 g/mol. The average Bonchev–Trinajstić information content (AvgIpc) is 2.38. The molecule has 0 spiro atoms. The highest BCUT2D eigenvalue weighted by Crippen LogP contribution is 2.22. The zero-order valence-corrected chi connectivity index (χ0v) is 12.5. The molecule has 0 aliphatic carbocycles. The first-order valence-corrected chi connectivity index (χ1v) is 8.24. The molecule has 0 saturated carbocycles. The molecular weight excluding hydrogens is 265 g/mol. The molecule has 2 N–H and O–H groups in total. The van der Waals surface area contributed by atoms with E-state index in [-0.39, 0.29) is 11.6 Å². The fourth-order valence-corrected chi connectivity index (χ4v) is 3.57. The van der Waals surface area contributed by atoms with Crippen LogP contribution < -0.4 is 5.73 Å². The summed E-state index contributed by atoms with van der Waals surface area (Å²) in [6.45, 7) is 5.21. The number of unbranched alkanes of at least 4 members (excludes halogenated alkanes) is 1. The van der Waals surface area contributed by atoms with Gasteiger partial charge in [0.25, 0.3) is 0 Å². The lowest BCUT2D eigenvalue weighted by Crippen LogP contribution is -2.32. The third-order valence-corrected chi connectivity index (χ3v) is 5.71. The lowest BCUT2D eigenvalue weighted by molar-refractivity contribution is 0.561. The summed E-state index contributed by atoms with van der Waals surface area (Å²) in [6, 6.07) is 3.88. The topological polar surface area (TPSA) is 60.2 Å². The second-order valence-electron chi connectivity index (χ2n) is 4.96. The van der Waals surface area contributed by atoms with Gasteiger partial charge in [-0.3, -0.25) is 0 Å². The van der Waals surface area contributed by atoms with Crippen molar-refractivity contribution >= 4 is 9.84 Å². The first-order chi connectivity index (χ1) is 8.79. The van der Waals surface area contributed by atoms with E-state index in [1.807, 2.05) is 6.92 Å². The maximum absolute atomic E-state index is 13.2. The Hall–Kier alpha value is -0.940. The summed E-state index contributed by atoms with van der Waals surface area (Å²) in [7, 11) is -3.21. The SMILES string of the molecule is CCCCS(=O)(=O)C(C)C(N)c1ccc(F)c(C)c1. The maximum atomic E-state index is 13.2. The van der Waals surface area contributed by atoms with E-state index in [4.69, 9.17) is 5.73 Å². The van der Waals surface area contributed by atoms with Gasteiger partial charge in [-0.15, -0.1) is 0 Å². The number of aryl methyl sites for hydroxylation is 1. The molecular formula is C14H22FNO2S. The lowest BCUT2D eigenvalue weighted by Gasteiger charge is -2.21. The van der Waals surface area contributed by atoms with Gasteiger partial charge in [0.15, 0.2) is 9.84 Å². The largest absolute Gasteiger partial charge is 0.323 e. The number of rotatable bonds is 6. The van der Waals surface area contributed by atoms with E-state index in [1.54, 1.807) is 26.0 Å². The Morgan fingerprint density at radius 3 is 2.53 bits per heavy atom. The molecule has 0 aliphatic rings. The van der Waals surface area contributed by atoms with Crippen molar-refractivity contribution in [2.75, 3.05) is 5.75 Å². The number of sulfone groups is 1. The van der Waals surface area contributed by atoms with Gasteiger partial charge in [-0.25, -0.2) is 12.8 Å². The van der Waals surface area contributed by atoms with Gasteiger partial charge in [-0.2, -0.15) is 0 Å². The fraction of sp³-hybridized carbons (Fsp3) is 0.571. The van der Waals surface area contributed by atoms with Gasteiger partial charge in [0, 0.05) is 6.04 Å². The van der Waals surface area contributed by atoms with Gasteiger partial charge in [0.2, 0.25) is 0 Å². The molecule has 1 aromatic carbocycles. The van der Waals surface area contributed by atoms with Gasteiger partial charge in [-0.05, 0) is 37.5 Å². The third-order valence-electron chi connectivity index (χ3n) is 3.42. The van der Waals surface area contributed by atoms with Crippen LogP contribution in [0.2, 0.25) is 0 Å².